The maximum atomic E-state index is 13.6. The fourth-order valence-corrected chi connectivity index (χ4v) is 4.40. The number of carbonyl (C=O) groups is 6. The maximum absolute atomic E-state index is 13.6. The van der Waals surface area contributed by atoms with Crippen molar-refractivity contribution in [2.24, 2.45) is 34.0 Å². The molecule has 1 rings (SSSR count). The number of nitrogens with two attached hydrogens (primary N) is 3. The van der Waals surface area contributed by atoms with Crippen LogP contribution in [0.1, 0.15) is 58.9 Å². The van der Waals surface area contributed by atoms with Gasteiger partial charge in [-0.1, -0.05) is 46.2 Å². The number of rotatable bonds is 20. The van der Waals surface area contributed by atoms with Crippen molar-refractivity contribution in [3.05, 3.63) is 29.8 Å². The quantitative estimate of drug-likeness (QED) is 0.0433. The molecule has 0 saturated carbocycles. The van der Waals surface area contributed by atoms with Crippen LogP contribution in [0, 0.1) is 11.8 Å². The molecular weight excluding hydrogens is 616 g/mol. The summed E-state index contributed by atoms with van der Waals surface area (Å²) in [5.74, 6) is -6.95. The minimum atomic E-state index is -1.45. The number of nitrogens with one attached hydrogen (secondary N) is 4. The minimum Gasteiger partial charge on any atom is -0.508 e. The van der Waals surface area contributed by atoms with E-state index in [9.17, 15) is 39.0 Å². The van der Waals surface area contributed by atoms with Gasteiger partial charge in [-0.2, -0.15) is 0 Å². The Morgan fingerprint density at radius 3 is 1.87 bits per heavy atom. The lowest BCUT2D eigenvalue weighted by molar-refractivity contribution is -0.144. The molecule has 0 spiro atoms. The van der Waals surface area contributed by atoms with Gasteiger partial charge in [-0.15, -0.1) is 0 Å². The normalized spacial score (nSPS) is 14.8. The first-order valence-electron chi connectivity index (χ1n) is 15.2. The molecule has 0 bridgehead atoms. The second kappa shape index (κ2) is 19.6. The monoisotopic (exact) mass is 664 g/mol. The van der Waals surface area contributed by atoms with Crippen molar-refractivity contribution >= 4 is 41.5 Å². The lowest BCUT2D eigenvalue weighted by Crippen LogP contribution is -2.60. The number of hydrogen-bond acceptors (Lipinski definition) is 9. The van der Waals surface area contributed by atoms with Gasteiger partial charge in [0.2, 0.25) is 23.6 Å². The highest BCUT2D eigenvalue weighted by Crippen LogP contribution is 2.14. The lowest BCUT2D eigenvalue weighted by atomic mass is 9.97. The molecule has 6 atom stereocenters. The van der Waals surface area contributed by atoms with Crippen LogP contribution in [0.15, 0.2) is 29.3 Å². The summed E-state index contributed by atoms with van der Waals surface area (Å²) < 4.78 is 0. The SMILES string of the molecule is CC[C@@H](C)[C@H](NC(=O)[C@@H](Cc1ccc(O)cc1)NC(=O)[C@H](NC(=O)[C@@H](CCCN=C(N)N)NC(=O)[C@H](N)CC(=O)O)C(C)C)C(=O)O. The molecule has 0 aliphatic rings. The Balaban J connectivity index is 3.28. The fourth-order valence-electron chi connectivity index (χ4n) is 4.40. The van der Waals surface area contributed by atoms with E-state index in [0.29, 0.717) is 12.0 Å². The molecule has 0 radical (unpaired) electrons. The third-order valence-corrected chi connectivity index (χ3v) is 7.34. The van der Waals surface area contributed by atoms with Gasteiger partial charge in [-0.05, 0) is 42.4 Å². The van der Waals surface area contributed by atoms with E-state index in [1.54, 1.807) is 27.7 Å². The van der Waals surface area contributed by atoms with Crippen LogP contribution in [0.5, 0.6) is 5.75 Å². The van der Waals surface area contributed by atoms with Crippen molar-refractivity contribution < 1.29 is 44.1 Å². The van der Waals surface area contributed by atoms with Gasteiger partial charge in [0.05, 0.1) is 12.5 Å². The number of phenols is 1. The molecule has 13 N–H and O–H groups in total. The van der Waals surface area contributed by atoms with Gasteiger partial charge < -0.3 is 53.8 Å². The second-order valence-corrected chi connectivity index (χ2v) is 11.6. The molecule has 262 valence electrons. The van der Waals surface area contributed by atoms with Gasteiger partial charge >= 0.3 is 11.9 Å². The number of aliphatic imine (C=N–C) groups is 1. The Morgan fingerprint density at radius 1 is 0.809 bits per heavy atom. The summed E-state index contributed by atoms with van der Waals surface area (Å²) in [6.45, 7) is 6.82. The number of carbonyl (C=O) groups excluding carboxylic acids is 4. The standard InChI is InChI=1S/C30H48N8O9/c1-5-16(4)24(29(46)47)38-27(44)21(13-17-8-10-18(39)11-9-17)36-28(45)23(15(2)3)37-26(43)20(7-6-12-34-30(32)33)35-25(42)19(31)14-22(40)41/h8-11,15-16,19-21,23-24,39H,5-7,12-14,31H2,1-4H3,(H,35,42)(H,36,45)(H,37,43)(H,38,44)(H,40,41)(H,46,47)(H4,32,33,34)/t16-,19-,20-,21-,23-,24+/m1/s1. The van der Waals surface area contributed by atoms with Crippen molar-refractivity contribution in [1.82, 2.24) is 21.3 Å². The first kappa shape index (κ1) is 40.1. The van der Waals surface area contributed by atoms with Crippen molar-refractivity contribution in [1.29, 1.82) is 0 Å². The van der Waals surface area contributed by atoms with Gasteiger partial charge in [0.25, 0.3) is 0 Å². The molecule has 1 aromatic rings. The van der Waals surface area contributed by atoms with Crippen molar-refractivity contribution in [2.45, 2.75) is 90.0 Å². The van der Waals surface area contributed by atoms with E-state index in [-0.39, 0.29) is 37.5 Å². The molecule has 17 nitrogen and oxygen atoms in total. The van der Waals surface area contributed by atoms with E-state index in [1.165, 1.54) is 24.3 Å². The Labute approximate surface area is 273 Å². The number of hydrogen-bond donors (Lipinski definition) is 10. The molecule has 0 fully saturated rings. The Bertz CT molecular complexity index is 1270. The zero-order valence-electron chi connectivity index (χ0n) is 27.1. The highest BCUT2D eigenvalue weighted by molar-refractivity contribution is 5.96. The topological polar surface area (TPSA) is 302 Å². The molecule has 0 aliphatic heterocycles. The van der Waals surface area contributed by atoms with Gasteiger partial charge in [-0.3, -0.25) is 29.0 Å². The largest absolute Gasteiger partial charge is 0.508 e. The summed E-state index contributed by atoms with van der Waals surface area (Å²) in [4.78, 5) is 79.8. The highest BCUT2D eigenvalue weighted by Gasteiger charge is 2.34. The van der Waals surface area contributed by atoms with E-state index < -0.39 is 84.0 Å². The van der Waals surface area contributed by atoms with E-state index in [1.807, 2.05) is 0 Å². The fraction of sp³-hybridized carbons (Fsp3) is 0.567. The zero-order chi connectivity index (χ0) is 35.8. The summed E-state index contributed by atoms with van der Waals surface area (Å²) in [6, 6.07) is -0.577. The van der Waals surface area contributed by atoms with Gasteiger partial charge in [0, 0.05) is 13.0 Å². The second-order valence-electron chi connectivity index (χ2n) is 11.6. The molecular formula is C30H48N8O9. The molecule has 17 heteroatoms. The van der Waals surface area contributed by atoms with E-state index in [4.69, 9.17) is 22.3 Å². The number of aromatic hydroxyl groups is 1. The first-order chi connectivity index (χ1) is 22.0. The third kappa shape index (κ3) is 14.4. The number of phenolic OH excluding ortho intramolecular Hbond substituents is 1. The van der Waals surface area contributed by atoms with Crippen LogP contribution >= 0.6 is 0 Å². The van der Waals surface area contributed by atoms with E-state index in [2.05, 4.69) is 26.3 Å². The first-order valence-corrected chi connectivity index (χ1v) is 15.2. The minimum absolute atomic E-state index is 0.00134. The van der Waals surface area contributed by atoms with Crippen LogP contribution < -0.4 is 38.5 Å². The molecule has 0 unspecified atom stereocenters. The number of amides is 4. The smallest absolute Gasteiger partial charge is 0.326 e. The molecule has 4 amide bonds. The summed E-state index contributed by atoms with van der Waals surface area (Å²) in [6.07, 6.45) is -0.0835. The number of carboxylic acids is 2. The third-order valence-electron chi connectivity index (χ3n) is 7.34. The number of carboxylic acid groups (broad SMARTS) is 2. The van der Waals surface area contributed by atoms with Gasteiger partial charge in [-0.25, -0.2) is 4.79 Å². The summed E-state index contributed by atoms with van der Waals surface area (Å²) in [7, 11) is 0. The van der Waals surface area contributed by atoms with Crippen molar-refractivity contribution in [3.63, 3.8) is 0 Å². The van der Waals surface area contributed by atoms with Crippen LogP contribution in [0.4, 0.5) is 0 Å². The van der Waals surface area contributed by atoms with E-state index >= 15 is 0 Å². The average Bonchev–Trinajstić information content (AvgIpc) is 2.99. The predicted molar refractivity (Wildman–Crippen MR) is 172 cm³/mol. The number of aliphatic carboxylic acids is 2. The van der Waals surface area contributed by atoms with E-state index in [0.717, 1.165) is 0 Å². The van der Waals surface area contributed by atoms with Crippen molar-refractivity contribution in [3.8, 4) is 5.75 Å². The Kier molecular flexibility index (Phi) is 16.7. The van der Waals surface area contributed by atoms with Crippen LogP contribution in [0.25, 0.3) is 0 Å². The molecule has 0 heterocycles. The molecule has 47 heavy (non-hydrogen) atoms. The molecule has 0 aromatic heterocycles. The molecule has 0 saturated heterocycles. The summed E-state index contributed by atoms with van der Waals surface area (Å²) in [5, 5.41) is 38.5. The van der Waals surface area contributed by atoms with Gasteiger partial charge in [0.15, 0.2) is 5.96 Å². The van der Waals surface area contributed by atoms with Crippen LogP contribution in [-0.4, -0.2) is 93.6 Å². The van der Waals surface area contributed by atoms with Crippen LogP contribution in [0.2, 0.25) is 0 Å². The number of guanidine groups is 1. The highest BCUT2D eigenvalue weighted by atomic mass is 16.4. The summed E-state index contributed by atoms with van der Waals surface area (Å²) >= 11 is 0. The summed E-state index contributed by atoms with van der Waals surface area (Å²) in [5.41, 5.74) is 16.9. The maximum Gasteiger partial charge on any atom is 0.326 e. The lowest BCUT2D eigenvalue weighted by Gasteiger charge is -2.28. The van der Waals surface area contributed by atoms with Crippen molar-refractivity contribution in [2.75, 3.05) is 6.54 Å². The molecule has 0 aliphatic carbocycles. The number of benzene rings is 1. The Morgan fingerprint density at radius 2 is 1.36 bits per heavy atom. The van der Waals surface area contributed by atoms with Crippen LogP contribution in [0.3, 0.4) is 0 Å². The molecule has 1 aromatic carbocycles. The average molecular weight is 665 g/mol. The zero-order valence-corrected chi connectivity index (χ0v) is 27.1. The predicted octanol–water partition coefficient (Wildman–Crippen LogP) is -1.48. The number of nitrogens with zero attached hydrogens (tertiary/aromatic N) is 1. The van der Waals surface area contributed by atoms with Crippen LogP contribution in [-0.2, 0) is 35.2 Å². The Hall–Kier alpha value is -4.93. The van der Waals surface area contributed by atoms with Gasteiger partial charge in [0.1, 0.15) is 29.9 Å².